The SMILES string of the molecule is Cc1cccc(CNC(=O)[C@H](C)N(c2cccc([N+](=O)[O-])c2)S(C)(=O)=O)c1. The summed E-state index contributed by atoms with van der Waals surface area (Å²) in [4.78, 5) is 22.9. The first-order valence-corrected chi connectivity index (χ1v) is 10.0. The number of hydrogen-bond donors (Lipinski definition) is 1. The highest BCUT2D eigenvalue weighted by molar-refractivity contribution is 7.92. The summed E-state index contributed by atoms with van der Waals surface area (Å²) in [6.45, 7) is 3.62. The van der Waals surface area contributed by atoms with Crippen molar-refractivity contribution in [3.8, 4) is 0 Å². The lowest BCUT2D eigenvalue weighted by molar-refractivity contribution is -0.384. The molecule has 0 aliphatic heterocycles. The highest BCUT2D eigenvalue weighted by Crippen LogP contribution is 2.25. The molecular weight excluding hydrogens is 370 g/mol. The van der Waals surface area contributed by atoms with E-state index in [-0.39, 0.29) is 17.9 Å². The summed E-state index contributed by atoms with van der Waals surface area (Å²) in [5.41, 5.74) is 1.74. The fourth-order valence-corrected chi connectivity index (χ4v) is 3.88. The van der Waals surface area contributed by atoms with E-state index in [2.05, 4.69) is 5.32 Å². The van der Waals surface area contributed by atoms with Gasteiger partial charge in [0, 0.05) is 18.7 Å². The van der Waals surface area contributed by atoms with Gasteiger partial charge in [-0.3, -0.25) is 19.2 Å². The van der Waals surface area contributed by atoms with Crippen molar-refractivity contribution in [3.63, 3.8) is 0 Å². The Balaban J connectivity index is 2.24. The molecule has 1 N–H and O–H groups in total. The number of aryl methyl sites for hydroxylation is 1. The van der Waals surface area contributed by atoms with Crippen LogP contribution in [0, 0.1) is 17.0 Å². The van der Waals surface area contributed by atoms with Gasteiger partial charge in [-0.05, 0) is 25.5 Å². The minimum Gasteiger partial charge on any atom is -0.350 e. The van der Waals surface area contributed by atoms with Crippen LogP contribution in [0.15, 0.2) is 48.5 Å². The van der Waals surface area contributed by atoms with Gasteiger partial charge in [0.25, 0.3) is 5.69 Å². The normalized spacial score (nSPS) is 12.3. The molecule has 1 amide bonds. The summed E-state index contributed by atoms with van der Waals surface area (Å²) in [5, 5.41) is 13.7. The highest BCUT2D eigenvalue weighted by Gasteiger charge is 2.29. The average molecular weight is 391 g/mol. The van der Waals surface area contributed by atoms with Gasteiger partial charge in [-0.2, -0.15) is 0 Å². The van der Waals surface area contributed by atoms with E-state index in [0.717, 1.165) is 27.8 Å². The van der Waals surface area contributed by atoms with Gasteiger partial charge in [0.05, 0.1) is 16.9 Å². The van der Waals surface area contributed by atoms with Crippen LogP contribution in [0.2, 0.25) is 0 Å². The van der Waals surface area contributed by atoms with Gasteiger partial charge < -0.3 is 5.32 Å². The number of non-ortho nitro benzene ring substituents is 1. The van der Waals surface area contributed by atoms with E-state index in [9.17, 15) is 23.3 Å². The number of rotatable bonds is 7. The topological polar surface area (TPSA) is 110 Å². The lowest BCUT2D eigenvalue weighted by Crippen LogP contribution is -2.47. The quantitative estimate of drug-likeness (QED) is 0.576. The van der Waals surface area contributed by atoms with Crippen molar-refractivity contribution in [2.45, 2.75) is 26.4 Å². The second-order valence-electron chi connectivity index (χ2n) is 6.22. The number of sulfonamides is 1. The minimum atomic E-state index is -3.84. The molecule has 0 spiro atoms. The summed E-state index contributed by atoms with van der Waals surface area (Å²) in [6, 6.07) is 11.7. The Morgan fingerprint density at radius 2 is 1.89 bits per heavy atom. The molecule has 2 aromatic rings. The number of nitro groups is 1. The minimum absolute atomic E-state index is 0.0601. The van der Waals surface area contributed by atoms with Crippen LogP contribution in [0.3, 0.4) is 0 Å². The molecule has 0 bridgehead atoms. The molecule has 144 valence electrons. The molecule has 0 aliphatic carbocycles. The van der Waals surface area contributed by atoms with Crippen LogP contribution >= 0.6 is 0 Å². The van der Waals surface area contributed by atoms with Crippen molar-refractivity contribution in [1.82, 2.24) is 5.32 Å². The maximum atomic E-state index is 12.5. The van der Waals surface area contributed by atoms with E-state index in [0.29, 0.717) is 0 Å². The number of nitrogens with one attached hydrogen (secondary N) is 1. The van der Waals surface area contributed by atoms with Crippen LogP contribution in [-0.4, -0.2) is 31.5 Å². The van der Waals surface area contributed by atoms with Crippen molar-refractivity contribution < 1.29 is 18.1 Å². The Morgan fingerprint density at radius 3 is 2.48 bits per heavy atom. The van der Waals surface area contributed by atoms with E-state index in [4.69, 9.17) is 0 Å². The fourth-order valence-electron chi connectivity index (χ4n) is 2.71. The maximum absolute atomic E-state index is 12.5. The van der Waals surface area contributed by atoms with Crippen molar-refractivity contribution in [2.75, 3.05) is 10.6 Å². The molecule has 0 radical (unpaired) electrons. The fraction of sp³-hybridized carbons (Fsp3) is 0.278. The number of anilines is 1. The summed E-state index contributed by atoms with van der Waals surface area (Å²) in [5.74, 6) is -0.506. The van der Waals surface area contributed by atoms with Crippen molar-refractivity contribution in [3.05, 3.63) is 69.8 Å². The van der Waals surface area contributed by atoms with Gasteiger partial charge in [-0.15, -0.1) is 0 Å². The standard InChI is InChI=1S/C18H21N3O5S/c1-13-6-4-7-15(10-13)12-19-18(22)14(2)20(27(3,25)26)16-8-5-9-17(11-16)21(23)24/h4-11,14H,12H2,1-3H3,(H,19,22)/t14-/m0/s1. The van der Waals surface area contributed by atoms with Gasteiger partial charge in [-0.1, -0.05) is 35.9 Å². The second kappa shape index (κ2) is 8.17. The summed E-state index contributed by atoms with van der Waals surface area (Å²) < 4.78 is 25.4. The predicted octanol–water partition coefficient (Wildman–Crippen LogP) is 2.37. The molecule has 2 rings (SSSR count). The number of carbonyl (C=O) groups is 1. The first-order valence-electron chi connectivity index (χ1n) is 8.16. The molecule has 0 unspecified atom stereocenters. The van der Waals surface area contributed by atoms with Crippen molar-refractivity contribution >= 4 is 27.3 Å². The molecule has 1 atom stereocenters. The smallest absolute Gasteiger partial charge is 0.271 e. The zero-order chi connectivity index (χ0) is 20.2. The van der Waals surface area contributed by atoms with E-state index >= 15 is 0 Å². The van der Waals surface area contributed by atoms with Crippen LogP contribution in [0.1, 0.15) is 18.1 Å². The van der Waals surface area contributed by atoms with E-state index in [1.165, 1.54) is 25.1 Å². The van der Waals surface area contributed by atoms with Crippen LogP contribution in [-0.2, 0) is 21.4 Å². The van der Waals surface area contributed by atoms with Crippen LogP contribution in [0.5, 0.6) is 0 Å². The summed E-state index contributed by atoms with van der Waals surface area (Å²) in [7, 11) is -3.84. The lowest BCUT2D eigenvalue weighted by atomic mass is 10.1. The Hall–Kier alpha value is -2.94. The van der Waals surface area contributed by atoms with E-state index in [1.807, 2.05) is 31.2 Å². The third kappa shape index (κ3) is 5.27. The van der Waals surface area contributed by atoms with Gasteiger partial charge in [0.1, 0.15) is 6.04 Å². The van der Waals surface area contributed by atoms with E-state index in [1.54, 1.807) is 0 Å². The monoisotopic (exact) mass is 391 g/mol. The largest absolute Gasteiger partial charge is 0.350 e. The summed E-state index contributed by atoms with van der Waals surface area (Å²) >= 11 is 0. The number of nitrogens with zero attached hydrogens (tertiary/aromatic N) is 2. The number of carbonyl (C=O) groups excluding carboxylic acids is 1. The maximum Gasteiger partial charge on any atom is 0.271 e. The third-order valence-corrected chi connectivity index (χ3v) is 5.17. The Bertz CT molecular complexity index is 959. The molecule has 0 saturated heterocycles. The van der Waals surface area contributed by atoms with Gasteiger partial charge in [0.2, 0.25) is 15.9 Å². The molecular formula is C18H21N3O5S. The molecule has 0 saturated carbocycles. The van der Waals surface area contributed by atoms with Crippen LogP contribution in [0.4, 0.5) is 11.4 Å². The van der Waals surface area contributed by atoms with Crippen molar-refractivity contribution in [2.24, 2.45) is 0 Å². The molecule has 9 heteroatoms. The molecule has 0 fully saturated rings. The molecule has 0 aromatic heterocycles. The Morgan fingerprint density at radius 1 is 1.22 bits per heavy atom. The average Bonchev–Trinajstić information content (AvgIpc) is 2.58. The lowest BCUT2D eigenvalue weighted by Gasteiger charge is -2.28. The molecule has 0 aliphatic rings. The van der Waals surface area contributed by atoms with Crippen LogP contribution in [0.25, 0.3) is 0 Å². The zero-order valence-electron chi connectivity index (χ0n) is 15.2. The van der Waals surface area contributed by atoms with Crippen LogP contribution < -0.4 is 9.62 Å². The first kappa shape index (κ1) is 20.4. The van der Waals surface area contributed by atoms with Gasteiger partial charge in [0.15, 0.2) is 0 Å². The highest BCUT2D eigenvalue weighted by atomic mass is 32.2. The molecule has 27 heavy (non-hydrogen) atoms. The van der Waals surface area contributed by atoms with Gasteiger partial charge >= 0.3 is 0 Å². The molecule has 0 heterocycles. The number of hydrogen-bond acceptors (Lipinski definition) is 5. The third-order valence-electron chi connectivity index (χ3n) is 3.93. The zero-order valence-corrected chi connectivity index (χ0v) is 16.1. The number of amides is 1. The predicted molar refractivity (Wildman–Crippen MR) is 103 cm³/mol. The van der Waals surface area contributed by atoms with Crippen molar-refractivity contribution in [1.29, 1.82) is 0 Å². The second-order valence-corrected chi connectivity index (χ2v) is 8.08. The number of nitro benzene ring substituents is 1. The number of benzene rings is 2. The molecule has 2 aromatic carbocycles. The Labute approximate surface area is 158 Å². The van der Waals surface area contributed by atoms with Gasteiger partial charge in [-0.25, -0.2) is 8.42 Å². The van der Waals surface area contributed by atoms with E-state index < -0.39 is 26.9 Å². The first-order chi connectivity index (χ1) is 12.6. The molecule has 8 nitrogen and oxygen atoms in total. The Kier molecular flexibility index (Phi) is 6.17. The summed E-state index contributed by atoms with van der Waals surface area (Å²) in [6.07, 6.45) is 0.955.